The topological polar surface area (TPSA) is 46.6 Å². The van der Waals surface area contributed by atoms with Crippen molar-refractivity contribution in [2.75, 3.05) is 12.0 Å². The largest absolute Gasteiger partial charge is 0.467 e. The fraction of sp³-hybridized carbons (Fsp3) is 0.304. The lowest BCUT2D eigenvalue weighted by atomic mass is 10.0. The predicted octanol–water partition coefficient (Wildman–Crippen LogP) is 4.85. The van der Waals surface area contributed by atoms with Gasteiger partial charge in [0.15, 0.2) is 0 Å². The summed E-state index contributed by atoms with van der Waals surface area (Å²) >= 11 is 0. The van der Waals surface area contributed by atoms with Gasteiger partial charge in [-0.15, -0.1) is 0 Å². The zero-order chi connectivity index (χ0) is 20.0. The van der Waals surface area contributed by atoms with Crippen LogP contribution in [-0.2, 0) is 14.3 Å². The van der Waals surface area contributed by atoms with Crippen LogP contribution in [0.25, 0.3) is 11.1 Å². The molecule has 2 rings (SSSR count). The molecule has 0 heterocycles. The van der Waals surface area contributed by atoms with Crippen LogP contribution in [0, 0.1) is 5.92 Å². The normalized spacial score (nSPS) is 11.7. The monoisotopic (exact) mass is 365 g/mol. The van der Waals surface area contributed by atoms with Crippen molar-refractivity contribution < 1.29 is 14.3 Å². The lowest BCUT2D eigenvalue weighted by molar-refractivity contribution is -0.142. The van der Waals surface area contributed by atoms with Gasteiger partial charge in [0.25, 0.3) is 5.91 Å². The Hall–Kier alpha value is -2.88. The van der Waals surface area contributed by atoms with Gasteiger partial charge in [-0.05, 0) is 42.5 Å². The number of hydrogen-bond donors (Lipinski definition) is 0. The molecule has 1 amide bonds. The molecule has 0 aliphatic rings. The van der Waals surface area contributed by atoms with Crippen LogP contribution >= 0.6 is 0 Å². The van der Waals surface area contributed by atoms with Crippen molar-refractivity contribution in [3.63, 3.8) is 0 Å². The summed E-state index contributed by atoms with van der Waals surface area (Å²) in [5.41, 5.74) is 3.25. The van der Waals surface area contributed by atoms with Crippen LogP contribution in [0.15, 0.2) is 66.7 Å². The molecule has 2 aromatic carbocycles. The van der Waals surface area contributed by atoms with E-state index in [0.29, 0.717) is 23.6 Å². The molecule has 0 aliphatic carbocycles. The second-order valence-electron chi connectivity index (χ2n) is 6.99. The number of benzene rings is 2. The molecule has 0 unspecified atom stereocenters. The number of hydrogen-bond acceptors (Lipinski definition) is 3. The molecule has 0 fully saturated rings. The number of rotatable bonds is 7. The van der Waals surface area contributed by atoms with Gasteiger partial charge in [0.1, 0.15) is 6.04 Å². The van der Waals surface area contributed by atoms with Gasteiger partial charge in [0.05, 0.1) is 7.11 Å². The second kappa shape index (κ2) is 9.17. The Bertz CT molecular complexity index is 794. The number of carbonyl (C=O) groups excluding carboxylic acids is 2. The lowest BCUT2D eigenvalue weighted by Gasteiger charge is -2.29. The van der Waals surface area contributed by atoms with Gasteiger partial charge >= 0.3 is 5.97 Å². The number of carbonyl (C=O) groups is 2. The van der Waals surface area contributed by atoms with E-state index in [2.05, 4.69) is 6.58 Å². The first kappa shape index (κ1) is 20.4. The molecule has 142 valence electrons. The van der Waals surface area contributed by atoms with E-state index >= 15 is 0 Å². The van der Waals surface area contributed by atoms with Gasteiger partial charge in [-0.1, -0.05) is 62.9 Å². The molecule has 4 nitrogen and oxygen atoms in total. The molecule has 0 aromatic heterocycles. The highest BCUT2D eigenvalue weighted by Crippen LogP contribution is 2.26. The smallest absolute Gasteiger partial charge is 0.328 e. The standard InChI is InChI=1S/C23H27NO3/c1-16(2)15-17(3)22(25)24(18(4)23(26)27-5)21-13-11-20(12-14-21)19-9-7-6-8-10-19/h6-14,16,18H,3,15H2,1-2,4-5H3/t18-/m0/s1. The highest BCUT2D eigenvalue weighted by molar-refractivity contribution is 6.08. The SMILES string of the molecule is C=C(CC(C)C)C(=O)N(c1ccc(-c2ccccc2)cc1)[C@@H](C)C(=O)OC. The third kappa shape index (κ3) is 5.07. The van der Waals surface area contributed by atoms with Gasteiger partial charge in [-0.2, -0.15) is 0 Å². The van der Waals surface area contributed by atoms with E-state index in [1.807, 2.05) is 68.4 Å². The summed E-state index contributed by atoms with van der Waals surface area (Å²) < 4.78 is 4.86. The summed E-state index contributed by atoms with van der Waals surface area (Å²) in [4.78, 5) is 26.6. The van der Waals surface area contributed by atoms with E-state index in [1.54, 1.807) is 6.92 Å². The first-order valence-corrected chi connectivity index (χ1v) is 9.09. The number of esters is 1. The van der Waals surface area contributed by atoms with Crippen molar-refractivity contribution in [2.45, 2.75) is 33.2 Å². The Morgan fingerprint density at radius 2 is 1.52 bits per heavy atom. The lowest BCUT2D eigenvalue weighted by Crippen LogP contribution is -2.44. The van der Waals surface area contributed by atoms with Crippen molar-refractivity contribution >= 4 is 17.6 Å². The van der Waals surface area contributed by atoms with Crippen LogP contribution in [0.5, 0.6) is 0 Å². The fourth-order valence-electron chi connectivity index (χ4n) is 2.99. The number of amides is 1. The van der Waals surface area contributed by atoms with E-state index in [0.717, 1.165) is 11.1 Å². The quantitative estimate of drug-likeness (QED) is 0.520. The van der Waals surface area contributed by atoms with Crippen LogP contribution in [0.4, 0.5) is 5.69 Å². The van der Waals surface area contributed by atoms with Crippen LogP contribution in [0.1, 0.15) is 27.2 Å². The van der Waals surface area contributed by atoms with E-state index in [-0.39, 0.29) is 5.91 Å². The van der Waals surface area contributed by atoms with Gasteiger partial charge in [0, 0.05) is 11.3 Å². The van der Waals surface area contributed by atoms with Gasteiger partial charge in [-0.3, -0.25) is 9.69 Å². The van der Waals surface area contributed by atoms with E-state index in [1.165, 1.54) is 12.0 Å². The summed E-state index contributed by atoms with van der Waals surface area (Å²) in [7, 11) is 1.32. The first-order valence-electron chi connectivity index (χ1n) is 9.09. The molecule has 0 bridgehead atoms. The average molecular weight is 365 g/mol. The van der Waals surface area contributed by atoms with Crippen molar-refractivity contribution in [3.8, 4) is 11.1 Å². The second-order valence-corrected chi connectivity index (χ2v) is 6.99. The molecular weight excluding hydrogens is 338 g/mol. The maximum absolute atomic E-state index is 13.0. The van der Waals surface area contributed by atoms with Gasteiger partial charge in [-0.25, -0.2) is 4.79 Å². The third-order valence-corrected chi connectivity index (χ3v) is 4.36. The highest BCUT2D eigenvalue weighted by atomic mass is 16.5. The van der Waals surface area contributed by atoms with E-state index in [9.17, 15) is 9.59 Å². The molecular formula is C23H27NO3. The maximum Gasteiger partial charge on any atom is 0.328 e. The van der Waals surface area contributed by atoms with E-state index < -0.39 is 12.0 Å². The van der Waals surface area contributed by atoms with E-state index in [4.69, 9.17) is 4.74 Å². The minimum Gasteiger partial charge on any atom is -0.467 e. The molecule has 27 heavy (non-hydrogen) atoms. The van der Waals surface area contributed by atoms with Crippen LogP contribution in [-0.4, -0.2) is 25.0 Å². The molecule has 0 radical (unpaired) electrons. The number of anilines is 1. The van der Waals surface area contributed by atoms with Crippen LogP contribution in [0.3, 0.4) is 0 Å². The van der Waals surface area contributed by atoms with Crippen molar-refractivity contribution in [2.24, 2.45) is 5.92 Å². The summed E-state index contributed by atoms with van der Waals surface area (Å²) in [6, 6.07) is 16.8. The third-order valence-electron chi connectivity index (χ3n) is 4.36. The molecule has 0 spiro atoms. The Morgan fingerprint density at radius 1 is 0.963 bits per heavy atom. The zero-order valence-electron chi connectivity index (χ0n) is 16.4. The van der Waals surface area contributed by atoms with Crippen LogP contribution in [0.2, 0.25) is 0 Å². The number of nitrogens with zero attached hydrogens (tertiary/aromatic N) is 1. The van der Waals surface area contributed by atoms with Crippen LogP contribution < -0.4 is 4.90 Å². The fourth-order valence-corrected chi connectivity index (χ4v) is 2.99. The molecule has 0 aliphatic heterocycles. The Labute approximate surface area is 161 Å². The molecule has 0 saturated carbocycles. The van der Waals surface area contributed by atoms with Gasteiger partial charge in [0.2, 0.25) is 0 Å². The Morgan fingerprint density at radius 3 is 2.04 bits per heavy atom. The molecule has 0 saturated heterocycles. The number of ether oxygens (including phenoxy) is 1. The summed E-state index contributed by atoms with van der Waals surface area (Å²) in [6.07, 6.45) is 0.575. The maximum atomic E-state index is 13.0. The Kier molecular flexibility index (Phi) is 6.94. The molecule has 0 N–H and O–H groups in total. The van der Waals surface area contributed by atoms with Crippen molar-refractivity contribution in [3.05, 3.63) is 66.7 Å². The summed E-state index contributed by atoms with van der Waals surface area (Å²) in [6.45, 7) is 9.65. The average Bonchev–Trinajstić information content (AvgIpc) is 2.68. The Balaban J connectivity index is 2.36. The predicted molar refractivity (Wildman–Crippen MR) is 109 cm³/mol. The summed E-state index contributed by atoms with van der Waals surface area (Å²) in [5, 5.41) is 0. The number of methoxy groups -OCH3 is 1. The zero-order valence-corrected chi connectivity index (χ0v) is 16.4. The minimum absolute atomic E-state index is 0.255. The first-order chi connectivity index (χ1) is 12.8. The molecule has 4 heteroatoms. The molecule has 1 atom stereocenters. The minimum atomic E-state index is -0.742. The van der Waals surface area contributed by atoms with Crippen molar-refractivity contribution in [1.82, 2.24) is 0 Å². The summed E-state index contributed by atoms with van der Waals surface area (Å²) in [5.74, 6) is -0.418. The highest BCUT2D eigenvalue weighted by Gasteiger charge is 2.29. The van der Waals surface area contributed by atoms with Crippen molar-refractivity contribution in [1.29, 1.82) is 0 Å². The molecule has 2 aromatic rings. The van der Waals surface area contributed by atoms with Gasteiger partial charge < -0.3 is 4.74 Å².